The highest BCUT2D eigenvalue weighted by Gasteiger charge is 2.38. The maximum atomic E-state index is 13.6. The molecule has 1 fully saturated rings. The average molecular weight is 690 g/mol. The van der Waals surface area contributed by atoms with E-state index >= 15 is 0 Å². The molecular weight excluding hydrogens is 646 g/mol. The Morgan fingerprint density at radius 2 is 1.69 bits per heavy atom. The van der Waals surface area contributed by atoms with E-state index < -0.39 is 75.3 Å². The first kappa shape index (κ1) is 36.5. The number of esters is 1. The number of aliphatic hydroxyl groups excluding tert-OH is 1. The number of ether oxygens (including phenoxy) is 4. The molecule has 0 radical (unpaired) electrons. The van der Waals surface area contributed by atoms with Crippen molar-refractivity contribution in [2.45, 2.75) is 76.0 Å². The number of carbonyl (C=O) groups excluding carboxylic acids is 3. The minimum Gasteiger partial charge on any atom is -0.507 e. The van der Waals surface area contributed by atoms with Crippen molar-refractivity contribution in [3.05, 3.63) is 46.5 Å². The number of carbonyl (C=O) groups is 3. The molecule has 2 aromatic rings. The summed E-state index contributed by atoms with van der Waals surface area (Å²) in [5.41, 5.74) is 0.0750. The van der Waals surface area contributed by atoms with Crippen molar-refractivity contribution in [3.8, 4) is 28.7 Å². The van der Waals surface area contributed by atoms with Gasteiger partial charge in [-0.2, -0.15) is 0 Å². The van der Waals surface area contributed by atoms with E-state index in [1.165, 1.54) is 39.5 Å². The number of phenolic OH excluding ortho intramolecular Hbond substituents is 2. The Kier molecular flexibility index (Phi) is 12.0. The highest BCUT2D eigenvalue weighted by Crippen LogP contribution is 2.47. The summed E-state index contributed by atoms with van der Waals surface area (Å²) in [6.07, 6.45) is 3.76. The first-order chi connectivity index (χ1) is 22.8. The van der Waals surface area contributed by atoms with Gasteiger partial charge in [-0.3, -0.25) is 9.59 Å². The fourth-order valence-electron chi connectivity index (χ4n) is 6.13. The quantitative estimate of drug-likeness (QED) is 0.296. The van der Waals surface area contributed by atoms with Crippen LogP contribution in [0.4, 0.5) is 0 Å². The molecule has 1 amide bonds. The fourth-order valence-corrected chi connectivity index (χ4v) is 7.87. The summed E-state index contributed by atoms with van der Waals surface area (Å²) in [4.78, 5) is 39.3. The Balaban J connectivity index is 1.86. The third kappa shape index (κ3) is 8.58. The molecule has 0 spiro atoms. The van der Waals surface area contributed by atoms with Gasteiger partial charge in [0.1, 0.15) is 22.8 Å². The van der Waals surface area contributed by atoms with E-state index in [0.717, 1.165) is 0 Å². The largest absolute Gasteiger partial charge is 0.507 e. The molecule has 2 aliphatic rings. The topological polar surface area (TPSA) is 195 Å². The number of hydrogen-bond donors (Lipinski definition) is 4. The predicted octanol–water partition coefficient (Wildman–Crippen LogP) is 3.40. The van der Waals surface area contributed by atoms with Gasteiger partial charge in [0, 0.05) is 30.7 Å². The van der Waals surface area contributed by atoms with Gasteiger partial charge in [-0.1, -0.05) is 12.2 Å². The van der Waals surface area contributed by atoms with Crippen LogP contribution in [-0.2, 0) is 24.2 Å². The number of hydrogen-bond acceptors (Lipinski definition) is 12. The van der Waals surface area contributed by atoms with Gasteiger partial charge in [0.05, 0.1) is 51.1 Å². The molecule has 4 N–H and O–H groups in total. The van der Waals surface area contributed by atoms with Crippen molar-refractivity contribution in [1.82, 2.24) is 5.32 Å². The van der Waals surface area contributed by atoms with Crippen molar-refractivity contribution in [2.24, 2.45) is 0 Å². The number of benzene rings is 2. The maximum Gasteiger partial charge on any atom is 0.342 e. The van der Waals surface area contributed by atoms with Crippen LogP contribution in [0.2, 0.25) is 0 Å². The monoisotopic (exact) mass is 689 g/mol. The summed E-state index contributed by atoms with van der Waals surface area (Å²) in [6.45, 7) is 1.68. The molecule has 0 bridgehead atoms. The normalized spacial score (nSPS) is 22.1. The third-order valence-corrected chi connectivity index (χ3v) is 10.3. The molecule has 0 aliphatic carbocycles. The average Bonchev–Trinajstić information content (AvgIpc) is 3.28. The molecule has 0 aromatic heterocycles. The lowest BCUT2D eigenvalue weighted by molar-refractivity contribution is -0.122. The lowest BCUT2D eigenvalue weighted by Crippen LogP contribution is -2.43. The van der Waals surface area contributed by atoms with Crippen LogP contribution in [0.1, 0.15) is 84.8 Å². The second kappa shape index (κ2) is 15.7. The molecular formula is C34H43NO12S. The van der Waals surface area contributed by atoms with Gasteiger partial charge in [0.25, 0.3) is 0 Å². The number of allylic oxidation sites excluding steroid dienone is 1. The van der Waals surface area contributed by atoms with Crippen LogP contribution in [0.25, 0.3) is 6.08 Å². The lowest BCUT2D eigenvalue weighted by atomic mass is 9.84. The van der Waals surface area contributed by atoms with Crippen LogP contribution < -0.4 is 19.5 Å². The third-order valence-electron chi connectivity index (χ3n) is 8.55. The zero-order valence-corrected chi connectivity index (χ0v) is 28.3. The van der Waals surface area contributed by atoms with Crippen molar-refractivity contribution in [2.75, 3.05) is 32.8 Å². The Morgan fingerprint density at radius 1 is 1.02 bits per heavy atom. The van der Waals surface area contributed by atoms with E-state index in [0.29, 0.717) is 44.1 Å². The number of fused-ring (bicyclic) bond motifs is 1. The first-order valence-corrected chi connectivity index (χ1v) is 17.6. The zero-order chi connectivity index (χ0) is 35.2. The number of aliphatic hydroxyl groups is 1. The molecule has 2 heterocycles. The first-order valence-electron chi connectivity index (χ1n) is 15.7. The molecule has 3 unspecified atom stereocenters. The molecule has 2 aliphatic heterocycles. The molecule has 0 saturated carbocycles. The fraction of sp³-hybridized carbons (Fsp3) is 0.500. The van der Waals surface area contributed by atoms with Gasteiger partial charge in [0.15, 0.2) is 21.3 Å². The molecule has 4 atom stereocenters. The van der Waals surface area contributed by atoms with E-state index in [-0.39, 0.29) is 39.7 Å². The van der Waals surface area contributed by atoms with Crippen LogP contribution in [0.3, 0.4) is 0 Å². The number of Topliss-reactive ketones (excluding diaryl/α,β-unsaturated/α-hetero) is 1. The van der Waals surface area contributed by atoms with Crippen molar-refractivity contribution in [3.63, 3.8) is 0 Å². The Morgan fingerprint density at radius 3 is 2.29 bits per heavy atom. The Labute approximate surface area is 279 Å². The van der Waals surface area contributed by atoms with Gasteiger partial charge >= 0.3 is 5.97 Å². The van der Waals surface area contributed by atoms with Crippen molar-refractivity contribution in [1.29, 1.82) is 0 Å². The molecule has 2 aromatic carbocycles. The van der Waals surface area contributed by atoms with E-state index in [2.05, 4.69) is 5.32 Å². The van der Waals surface area contributed by atoms with Gasteiger partial charge in [0.2, 0.25) is 11.7 Å². The highest BCUT2D eigenvalue weighted by molar-refractivity contribution is 7.91. The van der Waals surface area contributed by atoms with Crippen LogP contribution >= 0.6 is 0 Å². The summed E-state index contributed by atoms with van der Waals surface area (Å²) >= 11 is 0. The highest BCUT2D eigenvalue weighted by atomic mass is 32.2. The van der Waals surface area contributed by atoms with Crippen molar-refractivity contribution >= 4 is 33.6 Å². The zero-order valence-electron chi connectivity index (χ0n) is 27.5. The predicted molar refractivity (Wildman–Crippen MR) is 176 cm³/mol. The number of methoxy groups -OCH3 is 3. The maximum absolute atomic E-state index is 13.6. The van der Waals surface area contributed by atoms with Crippen LogP contribution in [0.5, 0.6) is 28.7 Å². The smallest absolute Gasteiger partial charge is 0.342 e. The second-order valence-electron chi connectivity index (χ2n) is 12.1. The van der Waals surface area contributed by atoms with E-state index in [4.69, 9.17) is 18.9 Å². The van der Waals surface area contributed by atoms with Gasteiger partial charge < -0.3 is 39.6 Å². The van der Waals surface area contributed by atoms with Gasteiger partial charge in [-0.05, 0) is 61.9 Å². The molecule has 48 heavy (non-hydrogen) atoms. The minimum atomic E-state index is -3.57. The number of aromatic hydroxyl groups is 2. The molecule has 13 nitrogen and oxygen atoms in total. The summed E-state index contributed by atoms with van der Waals surface area (Å²) in [5.74, 6) is -3.93. The summed E-state index contributed by atoms with van der Waals surface area (Å²) in [5, 5.41) is 36.1. The number of phenols is 2. The summed E-state index contributed by atoms with van der Waals surface area (Å²) < 4.78 is 46.3. The molecule has 14 heteroatoms. The SMILES string of the molecule is COc1cc(C(CC(=O)NC2CS(=O)(=O)CC2O)c2c(O)cc3c(c2O)C(=O)O[C@@H](C)CCCC(=O)CCCC=C3)cc(OC)c1OC. The number of cyclic esters (lactones) is 1. The number of ketones is 1. The lowest BCUT2D eigenvalue weighted by Gasteiger charge is -2.25. The second-order valence-corrected chi connectivity index (χ2v) is 14.3. The number of sulfone groups is 1. The Hall–Kier alpha value is -4.30. The van der Waals surface area contributed by atoms with E-state index in [1.54, 1.807) is 19.1 Å². The minimum absolute atomic E-state index is 0.130. The number of nitrogens with one attached hydrogen (secondary N) is 1. The standard InChI is InChI=1S/C34H43NO12S/c1-19-9-8-12-22(36)11-7-5-6-10-20-13-25(37)31(32(40)30(20)34(41)47-19)23(16-29(39)35-24-17-48(42,43)18-26(24)38)21-14-27(44-2)33(46-4)28(15-21)45-3/h6,10,13-15,19,23-24,26,37-38,40H,5,7-9,11-12,16-18H2,1-4H3,(H,35,39)/t19-,23?,24?,26?/m0/s1. The van der Waals surface area contributed by atoms with E-state index in [1.807, 2.05) is 0 Å². The molecule has 262 valence electrons. The van der Waals surface area contributed by atoms with Crippen LogP contribution in [0, 0.1) is 0 Å². The van der Waals surface area contributed by atoms with Gasteiger partial charge in [-0.25, -0.2) is 13.2 Å². The van der Waals surface area contributed by atoms with Crippen molar-refractivity contribution < 1.29 is 57.1 Å². The van der Waals surface area contributed by atoms with Crippen LogP contribution in [0.15, 0.2) is 24.3 Å². The molecule has 1 saturated heterocycles. The number of rotatable bonds is 8. The van der Waals surface area contributed by atoms with Gasteiger partial charge in [-0.15, -0.1) is 0 Å². The number of amides is 1. The molecule has 4 rings (SSSR count). The Bertz CT molecular complexity index is 1640. The summed E-state index contributed by atoms with van der Waals surface area (Å²) in [6, 6.07) is 3.29. The van der Waals surface area contributed by atoms with E-state index in [9.17, 15) is 38.1 Å². The summed E-state index contributed by atoms with van der Waals surface area (Å²) in [7, 11) is 0.627. The van der Waals surface area contributed by atoms with Crippen LogP contribution in [-0.4, -0.2) is 92.5 Å².